The van der Waals surface area contributed by atoms with E-state index in [1.165, 1.54) is 0 Å². The molecule has 2 aromatic heterocycles. The van der Waals surface area contributed by atoms with Crippen molar-refractivity contribution in [3.63, 3.8) is 0 Å². The molecule has 0 aliphatic carbocycles. The van der Waals surface area contributed by atoms with Gasteiger partial charge in [0.15, 0.2) is 5.76 Å². The van der Waals surface area contributed by atoms with E-state index in [2.05, 4.69) is 4.98 Å². The van der Waals surface area contributed by atoms with Crippen LogP contribution in [0.5, 0.6) is 0 Å². The van der Waals surface area contributed by atoms with E-state index in [-0.39, 0.29) is 18.0 Å². The molecule has 120 valence electrons. The van der Waals surface area contributed by atoms with Crippen LogP contribution in [-0.4, -0.2) is 16.1 Å². The highest BCUT2D eigenvalue weighted by molar-refractivity contribution is 6.04. The number of aromatic carboxylic acids is 1. The Balaban J connectivity index is 0.00000169. The number of furan rings is 1. The molecule has 4 aromatic rings. The first kappa shape index (κ1) is 16.0. The standard InChI is InChI=1S/C19H13NO3.ClH/c1-11-5-4-7-13-14(19(21)22)10-15(20-18(11)13)17-9-12-6-2-3-8-16(12)23-17;/h2-10H,1H3,(H,21,22);1H/p-1. The van der Waals surface area contributed by atoms with Crippen LogP contribution >= 0.6 is 0 Å². The highest BCUT2D eigenvalue weighted by Crippen LogP contribution is 2.30. The van der Waals surface area contributed by atoms with Crippen LogP contribution < -0.4 is 12.4 Å². The van der Waals surface area contributed by atoms with Gasteiger partial charge in [0.25, 0.3) is 0 Å². The van der Waals surface area contributed by atoms with Crippen LogP contribution in [0.15, 0.2) is 59.0 Å². The maximum absolute atomic E-state index is 11.6. The van der Waals surface area contributed by atoms with Crippen molar-refractivity contribution in [2.45, 2.75) is 6.92 Å². The number of carboxylic acid groups (broad SMARTS) is 1. The van der Waals surface area contributed by atoms with E-state index in [0.717, 1.165) is 16.5 Å². The molecule has 0 amide bonds. The highest BCUT2D eigenvalue weighted by atomic mass is 35.5. The smallest absolute Gasteiger partial charge is 0.336 e. The predicted molar refractivity (Wildman–Crippen MR) is 88.6 cm³/mol. The summed E-state index contributed by atoms with van der Waals surface area (Å²) in [6.07, 6.45) is 0. The summed E-state index contributed by atoms with van der Waals surface area (Å²) >= 11 is 0. The van der Waals surface area contributed by atoms with Gasteiger partial charge in [0.05, 0.1) is 11.1 Å². The molecule has 24 heavy (non-hydrogen) atoms. The van der Waals surface area contributed by atoms with Gasteiger partial charge in [-0.05, 0) is 30.7 Å². The number of fused-ring (bicyclic) bond motifs is 2. The summed E-state index contributed by atoms with van der Waals surface area (Å²) < 4.78 is 5.82. The van der Waals surface area contributed by atoms with Gasteiger partial charge < -0.3 is 21.9 Å². The number of benzene rings is 2. The van der Waals surface area contributed by atoms with E-state index < -0.39 is 5.97 Å². The first-order chi connectivity index (χ1) is 11.1. The zero-order valence-corrected chi connectivity index (χ0v) is 13.5. The number of nitrogens with zero attached hydrogens (tertiary/aromatic N) is 1. The van der Waals surface area contributed by atoms with Gasteiger partial charge in [-0.25, -0.2) is 9.78 Å². The van der Waals surface area contributed by atoms with Crippen molar-refractivity contribution in [3.8, 4) is 11.5 Å². The third kappa shape index (κ3) is 2.51. The van der Waals surface area contributed by atoms with Crippen molar-refractivity contribution < 1.29 is 26.7 Å². The number of halogens is 1. The normalized spacial score (nSPS) is 10.7. The van der Waals surface area contributed by atoms with Crippen molar-refractivity contribution in [2.24, 2.45) is 0 Å². The van der Waals surface area contributed by atoms with Gasteiger partial charge in [-0.2, -0.15) is 0 Å². The second-order valence-corrected chi connectivity index (χ2v) is 5.48. The average molecular weight is 339 g/mol. The van der Waals surface area contributed by atoms with Crippen molar-refractivity contribution in [3.05, 3.63) is 65.7 Å². The van der Waals surface area contributed by atoms with Crippen LogP contribution in [0.4, 0.5) is 0 Å². The van der Waals surface area contributed by atoms with Gasteiger partial charge in [-0.1, -0.05) is 36.4 Å². The fourth-order valence-corrected chi connectivity index (χ4v) is 2.80. The zero-order chi connectivity index (χ0) is 16.0. The maximum Gasteiger partial charge on any atom is 0.336 e. The SMILES string of the molecule is Cc1cccc2c(C(=O)O)cc(-c3cc4ccccc4o3)nc12.[Cl-]. The lowest BCUT2D eigenvalue weighted by atomic mass is 10.0. The average Bonchev–Trinajstić information content (AvgIpc) is 2.98. The number of aromatic nitrogens is 1. The van der Waals surface area contributed by atoms with Crippen molar-refractivity contribution in [1.29, 1.82) is 0 Å². The van der Waals surface area contributed by atoms with Crippen molar-refractivity contribution in [1.82, 2.24) is 4.98 Å². The van der Waals surface area contributed by atoms with E-state index in [1.807, 2.05) is 49.4 Å². The molecule has 0 radical (unpaired) electrons. The molecule has 0 bridgehead atoms. The summed E-state index contributed by atoms with van der Waals surface area (Å²) in [7, 11) is 0. The molecule has 0 aliphatic heterocycles. The Morgan fingerprint density at radius 1 is 1.08 bits per heavy atom. The lowest BCUT2D eigenvalue weighted by molar-refractivity contribution is -0.0000206. The second kappa shape index (κ2) is 5.98. The van der Waals surface area contributed by atoms with Gasteiger partial charge >= 0.3 is 5.97 Å². The fourth-order valence-electron chi connectivity index (χ4n) is 2.80. The number of carboxylic acids is 1. The Kier molecular flexibility index (Phi) is 3.99. The molecule has 2 heterocycles. The van der Waals surface area contributed by atoms with E-state index in [9.17, 15) is 9.90 Å². The summed E-state index contributed by atoms with van der Waals surface area (Å²) in [6.45, 7) is 1.92. The van der Waals surface area contributed by atoms with Gasteiger partial charge in [0.1, 0.15) is 11.3 Å². The van der Waals surface area contributed by atoms with Gasteiger partial charge in [0.2, 0.25) is 0 Å². The van der Waals surface area contributed by atoms with E-state index >= 15 is 0 Å². The van der Waals surface area contributed by atoms with Crippen molar-refractivity contribution >= 4 is 27.8 Å². The minimum absolute atomic E-state index is 0. The molecule has 0 atom stereocenters. The van der Waals surface area contributed by atoms with Crippen LogP contribution in [-0.2, 0) is 0 Å². The summed E-state index contributed by atoms with van der Waals surface area (Å²) in [5.74, 6) is -0.404. The maximum atomic E-state index is 11.6. The minimum Gasteiger partial charge on any atom is -1.00 e. The molecule has 0 spiro atoms. The van der Waals surface area contributed by atoms with E-state index in [1.54, 1.807) is 12.1 Å². The molecule has 4 rings (SSSR count). The Morgan fingerprint density at radius 3 is 2.62 bits per heavy atom. The Labute approximate surface area is 144 Å². The van der Waals surface area contributed by atoms with Gasteiger partial charge in [-0.3, -0.25) is 0 Å². The molecule has 5 heteroatoms. The molecule has 0 saturated heterocycles. The number of para-hydroxylation sites is 2. The number of rotatable bonds is 2. The Bertz CT molecular complexity index is 1040. The molecule has 0 aliphatic rings. The molecular weight excluding hydrogens is 326 g/mol. The lowest BCUT2D eigenvalue weighted by Crippen LogP contribution is -3.00. The molecule has 2 aromatic carbocycles. The van der Waals surface area contributed by atoms with Crippen LogP contribution in [0.3, 0.4) is 0 Å². The van der Waals surface area contributed by atoms with E-state index in [4.69, 9.17) is 4.42 Å². The largest absolute Gasteiger partial charge is 1.00 e. The van der Waals surface area contributed by atoms with Crippen LogP contribution in [0.1, 0.15) is 15.9 Å². The monoisotopic (exact) mass is 338 g/mol. The van der Waals surface area contributed by atoms with Crippen LogP contribution in [0.25, 0.3) is 33.3 Å². The number of hydrogen-bond acceptors (Lipinski definition) is 3. The Hall–Kier alpha value is -2.85. The van der Waals surface area contributed by atoms with Crippen LogP contribution in [0.2, 0.25) is 0 Å². The molecular formula is C19H13ClNO3-. The predicted octanol–water partition coefficient (Wildman–Crippen LogP) is 1.66. The highest BCUT2D eigenvalue weighted by Gasteiger charge is 2.16. The topological polar surface area (TPSA) is 63.3 Å². The van der Waals surface area contributed by atoms with Crippen molar-refractivity contribution in [2.75, 3.05) is 0 Å². The molecule has 0 unspecified atom stereocenters. The molecule has 0 saturated carbocycles. The first-order valence-electron chi connectivity index (χ1n) is 7.26. The first-order valence-corrected chi connectivity index (χ1v) is 7.26. The summed E-state index contributed by atoms with van der Waals surface area (Å²) in [4.78, 5) is 16.2. The quantitative estimate of drug-likeness (QED) is 0.604. The second-order valence-electron chi connectivity index (χ2n) is 5.48. The third-order valence-electron chi connectivity index (χ3n) is 3.95. The number of aryl methyl sites for hydroxylation is 1. The molecule has 0 fully saturated rings. The minimum atomic E-state index is -0.972. The van der Waals surface area contributed by atoms with Crippen LogP contribution in [0, 0.1) is 6.92 Å². The number of hydrogen-bond donors (Lipinski definition) is 1. The Morgan fingerprint density at radius 2 is 1.88 bits per heavy atom. The molecule has 1 N–H and O–H groups in total. The third-order valence-corrected chi connectivity index (χ3v) is 3.95. The van der Waals surface area contributed by atoms with E-state index in [0.29, 0.717) is 22.4 Å². The zero-order valence-electron chi connectivity index (χ0n) is 12.8. The summed E-state index contributed by atoms with van der Waals surface area (Å²) in [5, 5.41) is 11.1. The fraction of sp³-hybridized carbons (Fsp3) is 0.0526. The van der Waals surface area contributed by atoms with Gasteiger partial charge in [-0.15, -0.1) is 0 Å². The number of pyridine rings is 1. The number of carbonyl (C=O) groups is 1. The molecule has 4 nitrogen and oxygen atoms in total. The van der Waals surface area contributed by atoms with Gasteiger partial charge in [0, 0.05) is 10.8 Å². The summed E-state index contributed by atoms with van der Waals surface area (Å²) in [5.41, 5.74) is 3.13. The lowest BCUT2D eigenvalue weighted by Gasteiger charge is -2.07. The summed E-state index contributed by atoms with van der Waals surface area (Å²) in [6, 6.07) is 16.7.